The number of carboxylic acids is 1. The molecule has 0 bridgehead atoms. The lowest BCUT2D eigenvalue weighted by atomic mass is 9.44. The van der Waals surface area contributed by atoms with Crippen LogP contribution < -0.4 is 0 Å². The first-order valence-electron chi connectivity index (χ1n) is 12.1. The minimum Gasteiger partial charge on any atom is -0.481 e. The Bertz CT molecular complexity index is 632. The Morgan fingerprint density at radius 3 is 2.52 bits per heavy atom. The molecule has 0 aliphatic heterocycles. The Kier molecular flexibility index (Phi) is 5.76. The van der Waals surface area contributed by atoms with Gasteiger partial charge in [0, 0.05) is 6.42 Å². The molecule has 0 radical (unpaired) electrons. The first kappa shape index (κ1) is 21.2. The third-order valence-electron chi connectivity index (χ3n) is 10.4. The fourth-order valence-electron chi connectivity index (χ4n) is 8.95. The maximum Gasteiger partial charge on any atom is 0.303 e. The van der Waals surface area contributed by atoms with Gasteiger partial charge in [-0.2, -0.15) is 0 Å². The van der Waals surface area contributed by atoms with Crippen molar-refractivity contribution >= 4 is 12.4 Å². The molecule has 0 aromatic carbocycles. The highest BCUT2D eigenvalue weighted by molar-refractivity contribution is 5.66. The lowest BCUT2D eigenvalue weighted by molar-refractivity contribution is -0.151. The summed E-state index contributed by atoms with van der Waals surface area (Å²) >= 11 is 0. The fraction of sp³-hybridized carbons (Fsp3) is 0.920. The highest BCUT2D eigenvalue weighted by Gasteiger charge is 2.60. The summed E-state index contributed by atoms with van der Waals surface area (Å²) in [5.74, 6) is 3.75. The van der Waals surface area contributed by atoms with Gasteiger partial charge < -0.3 is 9.84 Å². The highest BCUT2D eigenvalue weighted by Crippen LogP contribution is 2.68. The third kappa shape index (κ3) is 3.53. The van der Waals surface area contributed by atoms with Gasteiger partial charge in [0.15, 0.2) is 0 Å². The quantitative estimate of drug-likeness (QED) is 0.578. The molecule has 0 saturated heterocycles. The van der Waals surface area contributed by atoms with E-state index in [4.69, 9.17) is 9.84 Å². The van der Waals surface area contributed by atoms with Crippen LogP contribution in [0.5, 0.6) is 0 Å². The Hall–Kier alpha value is -1.06. The molecule has 0 spiro atoms. The number of fused-ring (bicyclic) bond motifs is 5. The Labute approximate surface area is 176 Å². The summed E-state index contributed by atoms with van der Waals surface area (Å²) in [7, 11) is 0. The summed E-state index contributed by atoms with van der Waals surface area (Å²) in [6.07, 6.45) is 12.5. The minimum absolute atomic E-state index is 0.141. The number of ether oxygens (including phenoxy) is 1. The van der Waals surface area contributed by atoms with E-state index < -0.39 is 5.97 Å². The van der Waals surface area contributed by atoms with Crippen LogP contribution in [0.1, 0.15) is 91.4 Å². The molecule has 0 amide bonds. The smallest absolute Gasteiger partial charge is 0.303 e. The van der Waals surface area contributed by atoms with Crippen LogP contribution >= 0.6 is 0 Å². The number of carbonyl (C=O) groups excluding carboxylic acids is 1. The summed E-state index contributed by atoms with van der Waals surface area (Å²) in [5, 5.41) is 9.12. The summed E-state index contributed by atoms with van der Waals surface area (Å²) in [6.45, 7) is 8.05. The summed E-state index contributed by atoms with van der Waals surface area (Å²) in [4.78, 5) is 21.9. The van der Waals surface area contributed by atoms with E-state index >= 15 is 0 Å². The first-order chi connectivity index (χ1) is 13.8. The predicted molar refractivity (Wildman–Crippen MR) is 112 cm³/mol. The van der Waals surface area contributed by atoms with E-state index in [1.165, 1.54) is 44.9 Å². The van der Waals surface area contributed by atoms with E-state index in [1.807, 2.05) is 0 Å². The van der Waals surface area contributed by atoms with E-state index in [0.717, 1.165) is 37.0 Å². The standard InChI is InChI=1S/C25H40O4/c1-16(4-9-23(27)28)20-7-8-21-19-6-5-17-14-18(29-15-26)10-12-24(17,2)22(19)11-13-25(20,21)3/h15-22H,4-14H2,1-3H3,(H,27,28)/t16-,17-,18-,19+,20+,21-,22+,24+,25-/m1/s1. The molecule has 4 rings (SSSR count). The van der Waals surface area contributed by atoms with Crippen molar-refractivity contribution in [2.45, 2.75) is 97.5 Å². The molecule has 1 N–H and O–H groups in total. The fourth-order valence-corrected chi connectivity index (χ4v) is 8.95. The molecule has 4 aliphatic rings. The molecule has 4 saturated carbocycles. The van der Waals surface area contributed by atoms with Gasteiger partial charge in [0.25, 0.3) is 6.47 Å². The van der Waals surface area contributed by atoms with Gasteiger partial charge in [0.1, 0.15) is 6.10 Å². The third-order valence-corrected chi connectivity index (χ3v) is 10.4. The molecule has 4 heteroatoms. The van der Waals surface area contributed by atoms with Gasteiger partial charge in [-0.05, 0) is 111 Å². The maximum absolute atomic E-state index is 11.1. The Balaban J connectivity index is 1.48. The van der Waals surface area contributed by atoms with E-state index in [0.29, 0.717) is 41.5 Å². The molecule has 9 atom stereocenters. The van der Waals surface area contributed by atoms with E-state index in [1.54, 1.807) is 0 Å². The van der Waals surface area contributed by atoms with E-state index in [9.17, 15) is 9.59 Å². The van der Waals surface area contributed by atoms with E-state index in [2.05, 4.69) is 20.8 Å². The molecule has 4 aliphatic carbocycles. The molecule has 0 heterocycles. The van der Waals surface area contributed by atoms with Crippen LogP contribution in [0.4, 0.5) is 0 Å². The van der Waals surface area contributed by atoms with Crippen LogP contribution in [-0.4, -0.2) is 23.7 Å². The lowest BCUT2D eigenvalue weighted by Gasteiger charge is -2.61. The predicted octanol–water partition coefficient (Wildman–Crippen LogP) is 5.69. The van der Waals surface area contributed by atoms with Gasteiger partial charge in [0.2, 0.25) is 0 Å². The number of hydrogen-bond donors (Lipinski definition) is 1. The highest BCUT2D eigenvalue weighted by atomic mass is 16.5. The average molecular weight is 405 g/mol. The average Bonchev–Trinajstić information content (AvgIpc) is 3.04. The van der Waals surface area contributed by atoms with Crippen molar-refractivity contribution in [1.82, 2.24) is 0 Å². The van der Waals surface area contributed by atoms with Crippen LogP contribution in [0.3, 0.4) is 0 Å². The van der Waals surface area contributed by atoms with Crippen molar-refractivity contribution in [1.29, 1.82) is 0 Å². The van der Waals surface area contributed by atoms with Crippen molar-refractivity contribution in [2.24, 2.45) is 46.3 Å². The van der Waals surface area contributed by atoms with Gasteiger partial charge in [-0.3, -0.25) is 9.59 Å². The van der Waals surface area contributed by atoms with Crippen molar-refractivity contribution in [2.75, 3.05) is 0 Å². The van der Waals surface area contributed by atoms with Gasteiger partial charge in [-0.1, -0.05) is 20.8 Å². The summed E-state index contributed by atoms with van der Waals surface area (Å²) in [5.41, 5.74) is 0.820. The number of hydrogen-bond acceptors (Lipinski definition) is 3. The second kappa shape index (κ2) is 7.89. The second-order valence-electron chi connectivity index (χ2n) is 11.4. The monoisotopic (exact) mass is 404 g/mol. The molecule has 164 valence electrons. The van der Waals surface area contributed by atoms with Crippen LogP contribution in [0.25, 0.3) is 0 Å². The van der Waals surface area contributed by atoms with Gasteiger partial charge >= 0.3 is 5.97 Å². The molecule has 0 unspecified atom stereocenters. The van der Waals surface area contributed by atoms with Crippen LogP contribution in [0.15, 0.2) is 0 Å². The number of carbonyl (C=O) groups is 2. The topological polar surface area (TPSA) is 63.6 Å². The second-order valence-corrected chi connectivity index (χ2v) is 11.4. The van der Waals surface area contributed by atoms with Crippen LogP contribution in [-0.2, 0) is 14.3 Å². The van der Waals surface area contributed by atoms with E-state index in [-0.39, 0.29) is 6.10 Å². The SMILES string of the molecule is C[C@H](CCC(=O)O)[C@@H]1CC[C@@H]2[C@@H]3CC[C@@H]4C[C@H](OC=O)CC[C@]4(C)[C@H]3CC[C@@]21C. The maximum atomic E-state index is 11.1. The molecule has 29 heavy (non-hydrogen) atoms. The van der Waals surface area contributed by atoms with Crippen LogP contribution in [0, 0.1) is 46.3 Å². The first-order valence-corrected chi connectivity index (χ1v) is 12.1. The van der Waals surface area contributed by atoms with Gasteiger partial charge in [-0.25, -0.2) is 0 Å². The van der Waals surface area contributed by atoms with Crippen molar-refractivity contribution in [3.63, 3.8) is 0 Å². The lowest BCUT2D eigenvalue weighted by Crippen LogP contribution is -2.54. The van der Waals surface area contributed by atoms with Gasteiger partial charge in [0.05, 0.1) is 0 Å². The summed E-state index contributed by atoms with van der Waals surface area (Å²) in [6, 6.07) is 0. The molecular formula is C25H40O4. The van der Waals surface area contributed by atoms with Crippen LogP contribution in [0.2, 0.25) is 0 Å². The Morgan fingerprint density at radius 1 is 1.07 bits per heavy atom. The normalized spacial score (nSPS) is 47.4. The Morgan fingerprint density at radius 2 is 1.79 bits per heavy atom. The molecule has 4 fully saturated rings. The largest absolute Gasteiger partial charge is 0.481 e. The zero-order valence-electron chi connectivity index (χ0n) is 18.6. The number of rotatable bonds is 6. The molecule has 0 aromatic heterocycles. The van der Waals surface area contributed by atoms with Crippen molar-refractivity contribution in [3.8, 4) is 0 Å². The summed E-state index contributed by atoms with van der Waals surface area (Å²) < 4.78 is 5.36. The number of carboxylic acid groups (broad SMARTS) is 1. The molecular weight excluding hydrogens is 364 g/mol. The van der Waals surface area contributed by atoms with Crippen molar-refractivity contribution in [3.05, 3.63) is 0 Å². The minimum atomic E-state index is -0.652. The zero-order valence-corrected chi connectivity index (χ0v) is 18.6. The van der Waals surface area contributed by atoms with Crippen molar-refractivity contribution < 1.29 is 19.4 Å². The van der Waals surface area contributed by atoms with Gasteiger partial charge in [-0.15, -0.1) is 0 Å². The number of aliphatic carboxylic acids is 1. The molecule has 0 aromatic rings. The molecule has 4 nitrogen and oxygen atoms in total. The zero-order chi connectivity index (χ0) is 20.8.